The Labute approximate surface area is 159 Å². The lowest BCUT2D eigenvalue weighted by Crippen LogP contribution is -2.44. The molecule has 27 heavy (non-hydrogen) atoms. The monoisotopic (exact) mass is 362 g/mol. The van der Waals surface area contributed by atoms with Gasteiger partial charge in [0.2, 0.25) is 0 Å². The lowest BCUT2D eigenvalue weighted by molar-refractivity contribution is 0.0932. The van der Waals surface area contributed by atoms with Crippen LogP contribution in [-0.2, 0) is 6.54 Å². The summed E-state index contributed by atoms with van der Waals surface area (Å²) in [5.74, 6) is -0.0437. The van der Waals surface area contributed by atoms with Crippen LogP contribution in [0.1, 0.15) is 46.6 Å². The molecule has 0 spiro atoms. The maximum absolute atomic E-state index is 12.6. The molecule has 3 aromatic rings. The molecule has 1 aromatic heterocycles. The molecule has 2 aromatic carbocycles. The van der Waals surface area contributed by atoms with Crippen LogP contribution in [-0.4, -0.2) is 16.6 Å². The van der Waals surface area contributed by atoms with E-state index in [2.05, 4.69) is 64.1 Å². The van der Waals surface area contributed by atoms with Crippen LogP contribution in [0.4, 0.5) is 0 Å². The predicted molar refractivity (Wildman–Crippen MR) is 108 cm³/mol. The van der Waals surface area contributed by atoms with Crippen LogP contribution in [0, 0.1) is 13.8 Å². The van der Waals surface area contributed by atoms with Crippen molar-refractivity contribution in [3.8, 4) is 0 Å². The highest BCUT2D eigenvalue weighted by atomic mass is 16.1. The van der Waals surface area contributed by atoms with E-state index in [0.29, 0.717) is 5.56 Å². The molecule has 1 saturated heterocycles. The maximum atomic E-state index is 12.6. The highest BCUT2D eigenvalue weighted by Crippen LogP contribution is 2.28. The molecule has 5 nitrogen and oxygen atoms in total. The molecule has 5 heteroatoms. The summed E-state index contributed by atoms with van der Waals surface area (Å²) >= 11 is 0. The Balaban J connectivity index is 1.50. The van der Waals surface area contributed by atoms with Gasteiger partial charge in [0.1, 0.15) is 0 Å². The highest BCUT2D eigenvalue weighted by Gasteiger charge is 2.29. The number of carbonyl (C=O) groups excluding carboxylic acids is 1. The van der Waals surface area contributed by atoms with Crippen molar-refractivity contribution in [2.24, 2.45) is 0 Å². The molecule has 4 rings (SSSR count). The SMILES string of the molecule is CCn1c(C2CC(NC(=O)c3cc(C)cc(C)c3)NN2)cc2ccccc21. The predicted octanol–water partition coefficient (Wildman–Crippen LogP) is 3.57. The summed E-state index contributed by atoms with van der Waals surface area (Å²) in [6, 6.07) is 16.8. The molecule has 140 valence electrons. The van der Waals surface area contributed by atoms with Crippen molar-refractivity contribution in [1.29, 1.82) is 0 Å². The zero-order valence-corrected chi connectivity index (χ0v) is 16.0. The van der Waals surface area contributed by atoms with Crippen molar-refractivity contribution >= 4 is 16.8 Å². The molecule has 1 aliphatic rings. The number of hydrazine groups is 1. The van der Waals surface area contributed by atoms with E-state index in [9.17, 15) is 4.79 Å². The summed E-state index contributed by atoms with van der Waals surface area (Å²) in [5, 5.41) is 4.35. The normalized spacial score (nSPS) is 19.5. The van der Waals surface area contributed by atoms with E-state index in [1.807, 2.05) is 26.0 Å². The topological polar surface area (TPSA) is 58.1 Å². The summed E-state index contributed by atoms with van der Waals surface area (Å²) in [7, 11) is 0. The van der Waals surface area contributed by atoms with E-state index in [1.165, 1.54) is 16.6 Å². The van der Waals surface area contributed by atoms with Gasteiger partial charge >= 0.3 is 0 Å². The molecule has 3 N–H and O–H groups in total. The molecular weight excluding hydrogens is 336 g/mol. The first-order valence-electron chi connectivity index (χ1n) is 9.53. The largest absolute Gasteiger partial charge is 0.343 e. The van der Waals surface area contributed by atoms with Gasteiger partial charge in [-0.15, -0.1) is 0 Å². The highest BCUT2D eigenvalue weighted by molar-refractivity contribution is 5.94. The number of hydrogen-bond donors (Lipinski definition) is 3. The third-order valence-electron chi connectivity index (χ3n) is 5.21. The minimum atomic E-state index is -0.105. The molecule has 0 saturated carbocycles. The van der Waals surface area contributed by atoms with Gasteiger partial charge in [0.25, 0.3) is 5.91 Å². The second-order valence-electron chi connectivity index (χ2n) is 7.35. The maximum Gasteiger partial charge on any atom is 0.252 e. The standard InChI is InChI=1S/C22H26N4O/c1-4-26-19-8-6-5-7-16(19)12-20(26)18-13-21(25-24-18)23-22(27)17-10-14(2)9-15(3)11-17/h5-12,18,21,24-25H,4,13H2,1-3H3,(H,23,27). The van der Waals surface area contributed by atoms with Crippen LogP contribution < -0.4 is 16.2 Å². The van der Waals surface area contributed by atoms with Gasteiger partial charge in [-0.3, -0.25) is 4.79 Å². The van der Waals surface area contributed by atoms with Crippen LogP contribution >= 0.6 is 0 Å². The van der Waals surface area contributed by atoms with E-state index >= 15 is 0 Å². The third kappa shape index (κ3) is 3.48. The number of fused-ring (bicyclic) bond motifs is 1. The Hall–Kier alpha value is -2.63. The van der Waals surface area contributed by atoms with Crippen molar-refractivity contribution in [1.82, 2.24) is 20.7 Å². The Morgan fingerprint density at radius 1 is 1.11 bits per heavy atom. The lowest BCUT2D eigenvalue weighted by atomic mass is 10.1. The number of benzene rings is 2. The minimum absolute atomic E-state index is 0.0437. The van der Waals surface area contributed by atoms with Gasteiger partial charge in [-0.2, -0.15) is 0 Å². The van der Waals surface area contributed by atoms with E-state index in [-0.39, 0.29) is 18.1 Å². The number of nitrogens with zero attached hydrogens (tertiary/aromatic N) is 1. The Bertz CT molecular complexity index is 971. The van der Waals surface area contributed by atoms with E-state index in [0.717, 1.165) is 24.1 Å². The molecule has 0 aliphatic carbocycles. The fraction of sp³-hybridized carbons (Fsp3) is 0.318. The van der Waals surface area contributed by atoms with E-state index in [4.69, 9.17) is 0 Å². The zero-order valence-electron chi connectivity index (χ0n) is 16.0. The molecule has 2 atom stereocenters. The fourth-order valence-corrected chi connectivity index (χ4v) is 4.07. The zero-order chi connectivity index (χ0) is 19.0. The van der Waals surface area contributed by atoms with Gasteiger partial charge in [0.15, 0.2) is 0 Å². The van der Waals surface area contributed by atoms with Crippen LogP contribution in [0.15, 0.2) is 48.5 Å². The van der Waals surface area contributed by atoms with Crippen LogP contribution in [0.5, 0.6) is 0 Å². The number of aryl methyl sites for hydroxylation is 3. The van der Waals surface area contributed by atoms with Gasteiger partial charge in [-0.1, -0.05) is 35.4 Å². The first kappa shape index (κ1) is 17.8. The average Bonchev–Trinajstić information content (AvgIpc) is 3.24. The van der Waals surface area contributed by atoms with Crippen LogP contribution in [0.3, 0.4) is 0 Å². The fourth-order valence-electron chi connectivity index (χ4n) is 4.07. The summed E-state index contributed by atoms with van der Waals surface area (Å²) in [5.41, 5.74) is 12.0. The Morgan fingerprint density at radius 2 is 1.85 bits per heavy atom. The van der Waals surface area contributed by atoms with Gasteiger partial charge < -0.3 is 9.88 Å². The molecule has 2 unspecified atom stereocenters. The van der Waals surface area contributed by atoms with Gasteiger partial charge in [-0.05, 0) is 50.4 Å². The molecule has 2 heterocycles. The average molecular weight is 362 g/mol. The van der Waals surface area contributed by atoms with Gasteiger partial charge in [-0.25, -0.2) is 10.9 Å². The molecule has 1 amide bonds. The Morgan fingerprint density at radius 3 is 2.59 bits per heavy atom. The molecular formula is C22H26N4O. The number of hydrogen-bond acceptors (Lipinski definition) is 3. The smallest absolute Gasteiger partial charge is 0.252 e. The van der Waals surface area contributed by atoms with Crippen molar-refractivity contribution in [3.05, 3.63) is 70.9 Å². The number of amides is 1. The number of rotatable bonds is 4. The van der Waals surface area contributed by atoms with Gasteiger partial charge in [0, 0.05) is 29.7 Å². The Kier molecular flexibility index (Phi) is 4.72. The van der Waals surface area contributed by atoms with Crippen LogP contribution in [0.25, 0.3) is 10.9 Å². The molecule has 0 bridgehead atoms. The lowest BCUT2D eigenvalue weighted by Gasteiger charge is -2.14. The number of aromatic nitrogens is 1. The van der Waals surface area contributed by atoms with E-state index < -0.39 is 0 Å². The second-order valence-corrected chi connectivity index (χ2v) is 7.35. The van der Waals surface area contributed by atoms with E-state index in [1.54, 1.807) is 0 Å². The minimum Gasteiger partial charge on any atom is -0.343 e. The van der Waals surface area contributed by atoms with Crippen LogP contribution in [0.2, 0.25) is 0 Å². The summed E-state index contributed by atoms with van der Waals surface area (Å²) in [6.07, 6.45) is 0.694. The first-order chi connectivity index (χ1) is 13.0. The van der Waals surface area contributed by atoms with Gasteiger partial charge in [0.05, 0.1) is 12.2 Å². The molecule has 0 radical (unpaired) electrons. The second kappa shape index (κ2) is 7.18. The summed E-state index contributed by atoms with van der Waals surface area (Å²) in [6.45, 7) is 7.11. The van der Waals surface area contributed by atoms with Crippen molar-refractivity contribution < 1.29 is 4.79 Å². The van der Waals surface area contributed by atoms with Crippen molar-refractivity contribution in [2.45, 2.75) is 45.9 Å². The molecule has 1 fully saturated rings. The number of nitrogens with one attached hydrogen (secondary N) is 3. The quantitative estimate of drug-likeness (QED) is 0.665. The summed E-state index contributed by atoms with van der Waals surface area (Å²) in [4.78, 5) is 12.6. The number of para-hydroxylation sites is 1. The van der Waals surface area contributed by atoms with Crippen molar-refractivity contribution in [2.75, 3.05) is 0 Å². The first-order valence-corrected chi connectivity index (χ1v) is 9.53. The summed E-state index contributed by atoms with van der Waals surface area (Å²) < 4.78 is 2.34. The third-order valence-corrected chi connectivity index (χ3v) is 5.21. The van der Waals surface area contributed by atoms with Crippen molar-refractivity contribution in [3.63, 3.8) is 0 Å². The number of carbonyl (C=O) groups is 1. The molecule has 1 aliphatic heterocycles.